The van der Waals surface area contributed by atoms with Gasteiger partial charge in [0.2, 0.25) is 5.91 Å². The number of rotatable bonds is 10. The van der Waals surface area contributed by atoms with Gasteiger partial charge in [0.15, 0.2) is 0 Å². The van der Waals surface area contributed by atoms with Gasteiger partial charge in [-0.05, 0) is 67.8 Å². The normalized spacial score (nSPS) is 17.7. The molecule has 3 amide bonds. The molecule has 0 spiro atoms. The van der Waals surface area contributed by atoms with Crippen LogP contribution in [0.25, 0.3) is 5.69 Å². The first kappa shape index (κ1) is 34.6. The van der Waals surface area contributed by atoms with Gasteiger partial charge < -0.3 is 15.5 Å². The van der Waals surface area contributed by atoms with Crippen LogP contribution in [-0.4, -0.2) is 64.6 Å². The third-order valence-corrected chi connectivity index (χ3v) is 8.92. The molecule has 9 nitrogen and oxygen atoms in total. The number of carbonyl (C=O) groups is 3. The van der Waals surface area contributed by atoms with Gasteiger partial charge in [0.05, 0.1) is 16.9 Å². The minimum Gasteiger partial charge on any atom is -0.339 e. The van der Waals surface area contributed by atoms with Gasteiger partial charge in [0.1, 0.15) is 17.7 Å². The van der Waals surface area contributed by atoms with E-state index in [1.807, 2.05) is 30.3 Å². The molecule has 0 bridgehead atoms. The Morgan fingerprint density at radius 3 is 2.38 bits per heavy atom. The second-order valence-corrected chi connectivity index (χ2v) is 12.1. The number of hydrogen-bond acceptors (Lipinski definition) is 5. The average Bonchev–Trinajstić information content (AvgIpc) is 3.79. The lowest BCUT2D eigenvalue weighted by atomic mass is 9.80. The molecule has 3 aromatic carbocycles. The van der Waals surface area contributed by atoms with Gasteiger partial charge >= 0.3 is 6.18 Å². The summed E-state index contributed by atoms with van der Waals surface area (Å²) in [5.74, 6) is -2.37. The highest BCUT2D eigenvalue weighted by Gasteiger charge is 2.46. The summed E-state index contributed by atoms with van der Waals surface area (Å²) in [4.78, 5) is 43.8. The van der Waals surface area contributed by atoms with Gasteiger partial charge in [0, 0.05) is 55.8 Å². The molecule has 13 heteroatoms. The zero-order valence-corrected chi connectivity index (χ0v) is 27.3. The maximum absolute atomic E-state index is 14.4. The fraction of sp³-hybridized carbons (Fsp3) is 0.297. The SMILES string of the molecule is CCN1C(=O)[C@@H](NC(=O)c2cccc(C(F)(F)F)c2)[C@@H](c2ccc(F)cc2)c2c(CNC/C=C/C(=O)N3CCCC3)nn(-c3ccccc3)c21. The number of carbonyl (C=O) groups excluding carboxylic acids is 3. The number of nitrogens with zero attached hydrogens (tertiary/aromatic N) is 4. The van der Waals surface area contributed by atoms with Crippen molar-refractivity contribution in [2.75, 3.05) is 31.1 Å². The van der Waals surface area contributed by atoms with E-state index < -0.39 is 41.3 Å². The van der Waals surface area contributed by atoms with Crippen molar-refractivity contribution in [2.24, 2.45) is 0 Å². The van der Waals surface area contributed by atoms with E-state index in [2.05, 4.69) is 10.6 Å². The topological polar surface area (TPSA) is 99.6 Å². The standard InChI is InChI=1S/C37H36F4N6O3/c1-2-46-35-32(29(44-47(35)28-12-4-3-5-13-28)23-42-19-9-14-30(48)45-20-6-7-21-45)31(24-15-17-27(38)18-16-24)33(36(46)50)43-34(49)25-10-8-11-26(22-25)37(39,40)41/h3-5,8-18,22,31,33,42H,2,6-7,19-21,23H2,1H3,(H,43,49)/b14-9+/t31-,33-/m0/s1. The maximum atomic E-state index is 14.4. The van der Waals surface area contributed by atoms with E-state index in [1.165, 1.54) is 41.3 Å². The van der Waals surface area contributed by atoms with Crippen molar-refractivity contribution in [1.29, 1.82) is 0 Å². The number of benzene rings is 3. The van der Waals surface area contributed by atoms with Crippen LogP contribution in [0.5, 0.6) is 0 Å². The van der Waals surface area contributed by atoms with Gasteiger partial charge in [-0.1, -0.05) is 42.5 Å². The first-order valence-corrected chi connectivity index (χ1v) is 16.4. The Kier molecular flexibility index (Phi) is 10.1. The molecular formula is C37H36F4N6O3. The molecule has 2 N–H and O–H groups in total. The summed E-state index contributed by atoms with van der Waals surface area (Å²) in [6, 6.07) is 17.4. The largest absolute Gasteiger partial charge is 0.416 e. The summed E-state index contributed by atoms with van der Waals surface area (Å²) in [6.07, 6.45) is 0.571. The van der Waals surface area contributed by atoms with Crippen LogP contribution in [0.1, 0.15) is 58.4 Å². The third-order valence-electron chi connectivity index (χ3n) is 8.92. The molecule has 0 aliphatic carbocycles. The molecular weight excluding hydrogens is 652 g/mol. The third kappa shape index (κ3) is 7.18. The minimum absolute atomic E-state index is 0.0529. The van der Waals surface area contributed by atoms with E-state index in [0.717, 1.165) is 44.1 Å². The van der Waals surface area contributed by atoms with Crippen molar-refractivity contribution in [1.82, 2.24) is 25.3 Å². The Hall–Kier alpha value is -5.30. The molecule has 6 rings (SSSR count). The summed E-state index contributed by atoms with van der Waals surface area (Å²) in [7, 11) is 0. The fourth-order valence-electron chi connectivity index (χ4n) is 6.52. The predicted molar refractivity (Wildman–Crippen MR) is 179 cm³/mol. The van der Waals surface area contributed by atoms with Gasteiger partial charge in [-0.3, -0.25) is 19.3 Å². The molecule has 0 radical (unpaired) electrons. The number of hydrogen-bond donors (Lipinski definition) is 2. The number of para-hydroxylation sites is 1. The van der Waals surface area contributed by atoms with Gasteiger partial charge in [-0.15, -0.1) is 0 Å². The van der Waals surface area contributed by atoms with Gasteiger partial charge in [-0.25, -0.2) is 9.07 Å². The summed E-state index contributed by atoms with van der Waals surface area (Å²) in [5.41, 5.74) is 1.01. The Morgan fingerprint density at radius 1 is 0.980 bits per heavy atom. The minimum atomic E-state index is -4.67. The zero-order valence-electron chi connectivity index (χ0n) is 27.3. The lowest BCUT2D eigenvalue weighted by Crippen LogP contribution is -2.55. The molecule has 2 aliphatic heterocycles. The lowest BCUT2D eigenvalue weighted by molar-refractivity contribution is -0.137. The van der Waals surface area contributed by atoms with Crippen LogP contribution >= 0.6 is 0 Å². The Labute approximate surface area is 286 Å². The van der Waals surface area contributed by atoms with E-state index in [-0.39, 0.29) is 24.6 Å². The molecule has 2 atom stereocenters. The predicted octanol–water partition coefficient (Wildman–Crippen LogP) is 5.60. The lowest BCUT2D eigenvalue weighted by Gasteiger charge is -2.38. The van der Waals surface area contributed by atoms with Crippen molar-refractivity contribution in [2.45, 2.75) is 44.4 Å². The summed E-state index contributed by atoms with van der Waals surface area (Å²) in [5, 5.41) is 11.0. The highest BCUT2D eigenvalue weighted by atomic mass is 19.4. The van der Waals surface area contributed by atoms with E-state index in [0.29, 0.717) is 34.9 Å². The van der Waals surface area contributed by atoms with Crippen LogP contribution in [0.2, 0.25) is 0 Å². The summed E-state index contributed by atoms with van der Waals surface area (Å²) in [6.45, 7) is 3.96. The van der Waals surface area contributed by atoms with E-state index in [1.54, 1.807) is 22.6 Å². The van der Waals surface area contributed by atoms with Crippen molar-refractivity contribution in [3.63, 3.8) is 0 Å². The van der Waals surface area contributed by atoms with Crippen molar-refractivity contribution in [3.8, 4) is 5.69 Å². The molecule has 3 heterocycles. The van der Waals surface area contributed by atoms with Crippen LogP contribution in [0, 0.1) is 5.82 Å². The van der Waals surface area contributed by atoms with E-state index in [4.69, 9.17) is 5.10 Å². The maximum Gasteiger partial charge on any atom is 0.416 e. The second kappa shape index (κ2) is 14.7. The summed E-state index contributed by atoms with van der Waals surface area (Å²) >= 11 is 0. The second-order valence-electron chi connectivity index (χ2n) is 12.1. The van der Waals surface area contributed by atoms with Crippen molar-refractivity contribution < 1.29 is 31.9 Å². The molecule has 0 unspecified atom stereocenters. The number of likely N-dealkylation sites (N-methyl/N-ethyl adjacent to an activating group) is 1. The molecule has 1 saturated heterocycles. The van der Waals surface area contributed by atoms with Crippen LogP contribution < -0.4 is 15.5 Å². The van der Waals surface area contributed by atoms with Crippen LogP contribution in [0.15, 0.2) is 91.0 Å². The Bertz CT molecular complexity index is 1890. The first-order chi connectivity index (χ1) is 24.1. The van der Waals surface area contributed by atoms with Crippen molar-refractivity contribution >= 4 is 23.5 Å². The highest BCUT2D eigenvalue weighted by Crippen LogP contribution is 2.44. The molecule has 50 heavy (non-hydrogen) atoms. The van der Waals surface area contributed by atoms with Gasteiger partial charge in [0.25, 0.3) is 11.8 Å². The number of halogens is 4. The number of nitrogens with one attached hydrogen (secondary N) is 2. The number of aromatic nitrogens is 2. The molecule has 2 aliphatic rings. The Morgan fingerprint density at radius 2 is 1.70 bits per heavy atom. The molecule has 0 saturated carbocycles. The fourth-order valence-corrected chi connectivity index (χ4v) is 6.52. The van der Waals surface area contributed by atoms with Crippen molar-refractivity contribution in [3.05, 3.63) is 125 Å². The summed E-state index contributed by atoms with van der Waals surface area (Å²) < 4.78 is 56.4. The molecule has 1 fully saturated rings. The van der Waals surface area contributed by atoms with Crippen LogP contribution in [0.3, 0.4) is 0 Å². The monoisotopic (exact) mass is 688 g/mol. The van der Waals surface area contributed by atoms with E-state index >= 15 is 0 Å². The van der Waals surface area contributed by atoms with E-state index in [9.17, 15) is 31.9 Å². The number of fused-ring (bicyclic) bond motifs is 1. The molecule has 1 aromatic heterocycles. The Balaban J connectivity index is 1.41. The van der Waals surface area contributed by atoms with Crippen LogP contribution in [-0.2, 0) is 22.3 Å². The highest BCUT2D eigenvalue weighted by molar-refractivity contribution is 6.05. The number of amides is 3. The number of likely N-dealkylation sites (tertiary alicyclic amines) is 1. The molecule has 260 valence electrons. The quantitative estimate of drug-likeness (QED) is 0.129. The molecule has 4 aromatic rings. The smallest absolute Gasteiger partial charge is 0.339 e. The number of anilines is 1. The zero-order chi connectivity index (χ0) is 35.4. The van der Waals surface area contributed by atoms with Crippen LogP contribution in [0.4, 0.5) is 23.4 Å². The first-order valence-electron chi connectivity index (χ1n) is 16.4. The average molecular weight is 689 g/mol. The number of alkyl halides is 3. The van der Waals surface area contributed by atoms with Gasteiger partial charge in [-0.2, -0.15) is 18.3 Å².